The molecule has 3 nitrogen and oxygen atoms in total. The van der Waals surface area contributed by atoms with Crippen LogP contribution in [0.1, 0.15) is 41.6 Å². The number of unbranched alkanes of at least 4 members (excludes halogenated alkanes) is 3. The van der Waals surface area contributed by atoms with E-state index in [-0.39, 0.29) is 24.8 Å². The minimum Gasteiger partial charge on any atom is -0.490 e. The van der Waals surface area contributed by atoms with Gasteiger partial charge in [-0.15, -0.1) is 19.0 Å². The first-order valence-corrected chi connectivity index (χ1v) is 9.74. The normalized spacial score (nSPS) is 10.6. The second-order valence-corrected chi connectivity index (χ2v) is 7.03. The zero-order chi connectivity index (χ0) is 22.1. The van der Waals surface area contributed by atoms with Crippen molar-refractivity contribution in [2.24, 2.45) is 0 Å². The van der Waals surface area contributed by atoms with Crippen molar-refractivity contribution in [1.82, 2.24) is 4.90 Å². The molecule has 0 aromatic heterocycles. The van der Waals surface area contributed by atoms with Crippen LogP contribution in [0, 0.1) is 23.3 Å². The Labute approximate surface area is 186 Å². The molecule has 0 spiro atoms. The lowest BCUT2D eigenvalue weighted by Crippen LogP contribution is -2.19. The molecule has 0 unspecified atom stereocenters. The summed E-state index contributed by atoms with van der Waals surface area (Å²) in [5.41, 5.74) is -1.18. The maximum Gasteiger partial charge on any atom is 0.199 e. The molecule has 0 N–H and O–H groups in total. The molecule has 0 amide bonds. The molecule has 0 heterocycles. The molecular weight excluding hydrogens is 434 g/mol. The Morgan fingerprint density at radius 1 is 0.968 bits per heavy atom. The highest BCUT2D eigenvalue weighted by Gasteiger charge is 2.21. The summed E-state index contributed by atoms with van der Waals surface area (Å²) in [4.78, 5) is 14.4. The fourth-order valence-corrected chi connectivity index (χ4v) is 2.96. The molecule has 31 heavy (non-hydrogen) atoms. The van der Waals surface area contributed by atoms with Gasteiger partial charge in [-0.1, -0.05) is 18.9 Å². The molecule has 0 saturated carbocycles. The molecule has 2 rings (SSSR count). The van der Waals surface area contributed by atoms with Crippen molar-refractivity contribution in [2.75, 3.05) is 26.7 Å². The summed E-state index contributed by atoms with van der Waals surface area (Å²) in [6.45, 7) is 5.68. The number of likely N-dealkylation sites (N-methyl/N-ethyl adjacent to an activating group) is 1. The van der Waals surface area contributed by atoms with Crippen molar-refractivity contribution >= 4 is 18.2 Å². The Morgan fingerprint density at radius 2 is 1.65 bits per heavy atom. The number of rotatable bonds is 12. The molecule has 170 valence electrons. The van der Waals surface area contributed by atoms with Crippen molar-refractivity contribution in [3.05, 3.63) is 77.4 Å². The van der Waals surface area contributed by atoms with Crippen LogP contribution in [0.15, 0.2) is 43.0 Å². The summed E-state index contributed by atoms with van der Waals surface area (Å²) in [5.74, 6) is -5.36. The molecule has 8 heteroatoms. The lowest BCUT2D eigenvalue weighted by molar-refractivity contribution is 0.103. The molecule has 2 aromatic carbocycles. The van der Waals surface area contributed by atoms with Crippen LogP contribution in [0.2, 0.25) is 0 Å². The lowest BCUT2D eigenvalue weighted by atomic mass is 10.0. The highest BCUT2D eigenvalue weighted by molar-refractivity contribution is 6.09. The molecule has 0 bridgehead atoms. The van der Waals surface area contributed by atoms with Crippen molar-refractivity contribution in [2.45, 2.75) is 25.7 Å². The van der Waals surface area contributed by atoms with Gasteiger partial charge in [-0.25, -0.2) is 17.6 Å². The number of ether oxygens (including phenoxy) is 1. The molecule has 0 saturated heterocycles. The number of halogens is 5. The van der Waals surface area contributed by atoms with Gasteiger partial charge < -0.3 is 9.64 Å². The van der Waals surface area contributed by atoms with Gasteiger partial charge in [-0.3, -0.25) is 4.79 Å². The van der Waals surface area contributed by atoms with Gasteiger partial charge in [0, 0.05) is 18.7 Å². The van der Waals surface area contributed by atoms with Crippen LogP contribution in [-0.4, -0.2) is 37.4 Å². The average Bonchev–Trinajstić information content (AvgIpc) is 2.69. The van der Waals surface area contributed by atoms with Crippen molar-refractivity contribution in [3.63, 3.8) is 0 Å². The summed E-state index contributed by atoms with van der Waals surface area (Å²) in [6.07, 6.45) is 5.40. The third-order valence-electron chi connectivity index (χ3n) is 4.57. The van der Waals surface area contributed by atoms with Gasteiger partial charge >= 0.3 is 0 Å². The monoisotopic (exact) mass is 459 g/mol. The van der Waals surface area contributed by atoms with E-state index in [0.29, 0.717) is 18.6 Å². The Balaban J connectivity index is 0.00000480. The zero-order valence-corrected chi connectivity index (χ0v) is 18.1. The van der Waals surface area contributed by atoms with Crippen molar-refractivity contribution in [1.29, 1.82) is 0 Å². The first-order valence-electron chi connectivity index (χ1n) is 9.74. The number of hydrogen-bond acceptors (Lipinski definition) is 3. The van der Waals surface area contributed by atoms with Gasteiger partial charge in [-0.2, -0.15) is 0 Å². The molecule has 2 aromatic rings. The van der Waals surface area contributed by atoms with Gasteiger partial charge in [0.2, 0.25) is 0 Å². The summed E-state index contributed by atoms with van der Waals surface area (Å²) in [7, 11) is 2.01. The largest absolute Gasteiger partial charge is 0.490 e. The van der Waals surface area contributed by atoms with Crippen LogP contribution in [0.3, 0.4) is 0 Å². The van der Waals surface area contributed by atoms with E-state index < -0.39 is 40.2 Å². The number of benzene rings is 2. The number of ketones is 1. The van der Waals surface area contributed by atoms with E-state index in [1.54, 1.807) is 0 Å². The molecule has 0 radical (unpaired) electrons. The van der Waals surface area contributed by atoms with Crippen LogP contribution in [0.25, 0.3) is 0 Å². The van der Waals surface area contributed by atoms with Crippen LogP contribution in [0.4, 0.5) is 17.6 Å². The number of hydrogen-bond donors (Lipinski definition) is 0. The Hall–Kier alpha value is -2.38. The van der Waals surface area contributed by atoms with Crippen LogP contribution < -0.4 is 4.74 Å². The highest BCUT2D eigenvalue weighted by atomic mass is 35.5. The van der Waals surface area contributed by atoms with Gasteiger partial charge in [0.05, 0.1) is 17.7 Å². The quantitative estimate of drug-likeness (QED) is 0.170. The Kier molecular flexibility index (Phi) is 11.3. The zero-order valence-electron chi connectivity index (χ0n) is 17.3. The molecule has 0 aliphatic rings. The summed E-state index contributed by atoms with van der Waals surface area (Å²) in [6, 6.07) is 3.72. The summed E-state index contributed by atoms with van der Waals surface area (Å²) >= 11 is 0. The van der Waals surface area contributed by atoms with E-state index in [0.717, 1.165) is 50.6 Å². The van der Waals surface area contributed by atoms with E-state index in [9.17, 15) is 22.4 Å². The van der Waals surface area contributed by atoms with Gasteiger partial charge in [0.1, 0.15) is 17.5 Å². The summed E-state index contributed by atoms with van der Waals surface area (Å²) < 4.78 is 60.6. The van der Waals surface area contributed by atoms with E-state index in [1.165, 1.54) is 0 Å². The lowest BCUT2D eigenvalue weighted by Gasteiger charge is -2.13. The highest BCUT2D eigenvalue weighted by Crippen LogP contribution is 2.25. The smallest absolute Gasteiger partial charge is 0.199 e. The van der Waals surface area contributed by atoms with Gasteiger partial charge in [0.25, 0.3) is 0 Å². The third-order valence-corrected chi connectivity index (χ3v) is 4.57. The SMILES string of the molecule is C=CCN(C)CCCCCCOc1cc(F)c(C(=O)c2ccc(F)cc2F)cc1F.Cl. The van der Waals surface area contributed by atoms with Gasteiger partial charge in [-0.05, 0) is 44.6 Å². The number of nitrogens with zero attached hydrogens (tertiary/aromatic N) is 1. The fourth-order valence-electron chi connectivity index (χ4n) is 2.96. The van der Waals surface area contributed by atoms with E-state index in [4.69, 9.17) is 4.74 Å². The predicted molar refractivity (Wildman–Crippen MR) is 115 cm³/mol. The third kappa shape index (κ3) is 7.99. The molecule has 0 fully saturated rings. The first-order chi connectivity index (χ1) is 14.3. The number of carbonyl (C=O) groups is 1. The number of carbonyl (C=O) groups excluding carboxylic acids is 1. The predicted octanol–water partition coefficient (Wildman–Crippen LogP) is 5.95. The average molecular weight is 460 g/mol. The molecule has 0 atom stereocenters. The van der Waals surface area contributed by atoms with E-state index in [1.807, 2.05) is 13.1 Å². The van der Waals surface area contributed by atoms with Crippen molar-refractivity contribution in [3.8, 4) is 5.75 Å². The first kappa shape index (κ1) is 26.7. The van der Waals surface area contributed by atoms with Gasteiger partial charge in [0.15, 0.2) is 17.3 Å². The molecule has 0 aliphatic heterocycles. The second kappa shape index (κ2) is 13.1. The standard InChI is InChI=1S/C23H25F4NO2.ClH/c1-3-10-28(2)11-6-4-5-7-12-30-22-15-20(26)18(14-21(22)27)23(29)17-9-8-16(24)13-19(17)25;/h3,8-9,13-15H,1,4-7,10-12H2,2H3;1H. The fraction of sp³-hybridized carbons (Fsp3) is 0.348. The maximum absolute atomic E-state index is 14.3. The summed E-state index contributed by atoms with van der Waals surface area (Å²) in [5, 5.41) is 0. The minimum atomic E-state index is -1.14. The van der Waals surface area contributed by atoms with Crippen molar-refractivity contribution < 1.29 is 27.1 Å². The van der Waals surface area contributed by atoms with Crippen LogP contribution in [0.5, 0.6) is 5.75 Å². The Morgan fingerprint density at radius 3 is 2.32 bits per heavy atom. The van der Waals surface area contributed by atoms with Crippen LogP contribution >= 0.6 is 12.4 Å². The second-order valence-electron chi connectivity index (χ2n) is 7.03. The minimum absolute atomic E-state index is 0. The van der Waals surface area contributed by atoms with E-state index >= 15 is 0 Å². The topological polar surface area (TPSA) is 29.5 Å². The molecule has 0 aliphatic carbocycles. The maximum atomic E-state index is 14.3. The molecular formula is C23H26ClF4NO2. The van der Waals surface area contributed by atoms with Crippen LogP contribution in [-0.2, 0) is 0 Å². The van der Waals surface area contributed by atoms with E-state index in [2.05, 4.69) is 11.5 Å². The Bertz CT molecular complexity index is 892.